The van der Waals surface area contributed by atoms with Gasteiger partial charge in [-0.3, -0.25) is 14.5 Å². The molecular weight excluding hydrogens is 352 g/mol. The Bertz CT molecular complexity index is 973. The highest BCUT2D eigenvalue weighted by Crippen LogP contribution is 2.37. The van der Waals surface area contributed by atoms with Gasteiger partial charge in [0.15, 0.2) is 6.61 Å². The molecule has 0 radical (unpaired) electrons. The standard InChI is InChI=1S/C23H20N2O3/c26-21-16-28-20-14-8-7-13-19(20)25(21)22(18-11-5-2-6-12-18)23(27)24-15-17-9-3-1-4-10-17/h1-14,22H,15-16H2,(H,24,27). The summed E-state index contributed by atoms with van der Waals surface area (Å²) < 4.78 is 5.54. The van der Waals surface area contributed by atoms with Gasteiger partial charge in [-0.2, -0.15) is 0 Å². The molecule has 1 aliphatic rings. The summed E-state index contributed by atoms with van der Waals surface area (Å²) in [5.41, 5.74) is 2.34. The van der Waals surface area contributed by atoms with E-state index in [0.717, 1.165) is 11.1 Å². The largest absolute Gasteiger partial charge is 0.482 e. The number of carbonyl (C=O) groups is 2. The van der Waals surface area contributed by atoms with Crippen molar-refractivity contribution < 1.29 is 14.3 Å². The molecule has 4 rings (SSSR count). The second-order valence-corrected chi connectivity index (χ2v) is 6.54. The zero-order chi connectivity index (χ0) is 19.3. The van der Waals surface area contributed by atoms with Crippen molar-refractivity contribution >= 4 is 17.5 Å². The predicted octanol–water partition coefficient (Wildman–Crippen LogP) is 3.47. The summed E-state index contributed by atoms with van der Waals surface area (Å²) in [7, 11) is 0. The van der Waals surface area contributed by atoms with Gasteiger partial charge in [-0.25, -0.2) is 0 Å². The molecule has 0 aromatic heterocycles. The third-order valence-electron chi connectivity index (χ3n) is 4.68. The van der Waals surface area contributed by atoms with Gasteiger partial charge in [-0.1, -0.05) is 72.8 Å². The van der Waals surface area contributed by atoms with Gasteiger partial charge in [0.1, 0.15) is 11.8 Å². The number of benzene rings is 3. The Morgan fingerprint density at radius 1 is 0.929 bits per heavy atom. The van der Waals surface area contributed by atoms with Crippen LogP contribution in [0.25, 0.3) is 0 Å². The summed E-state index contributed by atoms with van der Waals surface area (Å²) in [6.45, 7) is 0.301. The van der Waals surface area contributed by atoms with Gasteiger partial charge in [0, 0.05) is 6.54 Å². The zero-order valence-corrected chi connectivity index (χ0v) is 15.2. The molecule has 5 nitrogen and oxygen atoms in total. The Morgan fingerprint density at radius 2 is 1.57 bits per heavy atom. The monoisotopic (exact) mass is 372 g/mol. The summed E-state index contributed by atoms with van der Waals surface area (Å²) in [4.78, 5) is 27.5. The van der Waals surface area contributed by atoms with Crippen molar-refractivity contribution in [3.8, 4) is 5.75 Å². The maximum absolute atomic E-state index is 13.2. The molecule has 140 valence electrons. The molecule has 0 saturated heterocycles. The van der Waals surface area contributed by atoms with Gasteiger partial charge >= 0.3 is 0 Å². The van der Waals surface area contributed by atoms with Gasteiger partial charge < -0.3 is 10.1 Å². The molecule has 1 atom stereocenters. The number of nitrogens with one attached hydrogen (secondary N) is 1. The van der Waals surface area contributed by atoms with E-state index in [4.69, 9.17) is 4.74 Å². The number of nitrogens with zero attached hydrogens (tertiary/aromatic N) is 1. The molecular formula is C23H20N2O3. The van der Waals surface area contributed by atoms with E-state index in [1.165, 1.54) is 4.90 Å². The average molecular weight is 372 g/mol. The van der Waals surface area contributed by atoms with Gasteiger partial charge in [0.25, 0.3) is 5.91 Å². The highest BCUT2D eigenvalue weighted by molar-refractivity contribution is 6.04. The average Bonchev–Trinajstić information content (AvgIpc) is 2.75. The summed E-state index contributed by atoms with van der Waals surface area (Å²) in [5, 5.41) is 2.97. The van der Waals surface area contributed by atoms with E-state index in [0.29, 0.717) is 18.0 Å². The number of amides is 2. The maximum Gasteiger partial charge on any atom is 0.266 e. The highest BCUT2D eigenvalue weighted by Gasteiger charge is 2.36. The number of rotatable bonds is 5. The normalized spacial score (nSPS) is 14.0. The highest BCUT2D eigenvalue weighted by atomic mass is 16.5. The van der Waals surface area contributed by atoms with E-state index in [1.807, 2.05) is 72.8 Å². The minimum atomic E-state index is -0.775. The fourth-order valence-electron chi connectivity index (χ4n) is 3.34. The van der Waals surface area contributed by atoms with E-state index < -0.39 is 6.04 Å². The zero-order valence-electron chi connectivity index (χ0n) is 15.2. The third kappa shape index (κ3) is 3.60. The number of carbonyl (C=O) groups excluding carboxylic acids is 2. The van der Waals surface area contributed by atoms with E-state index in [-0.39, 0.29) is 18.4 Å². The summed E-state index contributed by atoms with van der Waals surface area (Å²) in [5.74, 6) is 0.112. The van der Waals surface area contributed by atoms with Gasteiger partial charge in [-0.15, -0.1) is 0 Å². The first kappa shape index (κ1) is 17.8. The van der Waals surface area contributed by atoms with Crippen molar-refractivity contribution in [1.29, 1.82) is 0 Å². The molecule has 0 saturated carbocycles. The van der Waals surface area contributed by atoms with Crippen LogP contribution in [0.2, 0.25) is 0 Å². The second-order valence-electron chi connectivity index (χ2n) is 6.54. The molecule has 0 bridgehead atoms. The minimum Gasteiger partial charge on any atom is -0.482 e. The van der Waals surface area contributed by atoms with Gasteiger partial charge in [0.05, 0.1) is 5.69 Å². The minimum absolute atomic E-state index is 0.0910. The first-order valence-electron chi connectivity index (χ1n) is 9.14. The van der Waals surface area contributed by atoms with Crippen LogP contribution >= 0.6 is 0 Å². The second kappa shape index (κ2) is 7.96. The lowest BCUT2D eigenvalue weighted by Crippen LogP contribution is -2.47. The summed E-state index contributed by atoms with van der Waals surface area (Å²) in [6.07, 6.45) is 0. The number of hydrogen-bond acceptors (Lipinski definition) is 3. The lowest BCUT2D eigenvalue weighted by Gasteiger charge is -2.35. The van der Waals surface area contributed by atoms with Crippen LogP contribution in [0.4, 0.5) is 5.69 Å². The smallest absolute Gasteiger partial charge is 0.266 e. The van der Waals surface area contributed by atoms with Crippen LogP contribution in [-0.4, -0.2) is 18.4 Å². The first-order chi connectivity index (χ1) is 13.7. The quantitative estimate of drug-likeness (QED) is 0.746. The van der Waals surface area contributed by atoms with Crippen molar-refractivity contribution in [3.05, 3.63) is 96.1 Å². The molecule has 28 heavy (non-hydrogen) atoms. The molecule has 0 fully saturated rings. The molecule has 1 unspecified atom stereocenters. The fourth-order valence-corrected chi connectivity index (χ4v) is 3.34. The van der Waals surface area contributed by atoms with Crippen LogP contribution in [0, 0.1) is 0 Å². The molecule has 1 N–H and O–H groups in total. The molecule has 2 amide bonds. The topological polar surface area (TPSA) is 58.6 Å². The third-order valence-corrected chi connectivity index (χ3v) is 4.68. The SMILES string of the molecule is O=C(NCc1ccccc1)C(c1ccccc1)N1C(=O)COc2ccccc21. The number of anilines is 1. The van der Waals surface area contributed by atoms with Gasteiger partial charge in [0.2, 0.25) is 5.91 Å². The van der Waals surface area contributed by atoms with Crippen LogP contribution in [0.15, 0.2) is 84.9 Å². The van der Waals surface area contributed by atoms with E-state index in [2.05, 4.69) is 5.32 Å². The fraction of sp³-hybridized carbons (Fsp3) is 0.130. The molecule has 1 aliphatic heterocycles. The molecule has 0 spiro atoms. The molecule has 5 heteroatoms. The Labute approximate surface area is 163 Å². The van der Waals surface area contributed by atoms with Crippen LogP contribution in [-0.2, 0) is 16.1 Å². The van der Waals surface area contributed by atoms with Crippen LogP contribution in [0.5, 0.6) is 5.75 Å². The van der Waals surface area contributed by atoms with Crippen LogP contribution in [0.1, 0.15) is 17.2 Å². The molecule has 3 aromatic rings. The van der Waals surface area contributed by atoms with Crippen molar-refractivity contribution in [1.82, 2.24) is 5.32 Å². The Morgan fingerprint density at radius 3 is 2.32 bits per heavy atom. The molecule has 0 aliphatic carbocycles. The van der Waals surface area contributed by atoms with Crippen molar-refractivity contribution in [2.24, 2.45) is 0 Å². The van der Waals surface area contributed by atoms with E-state index in [1.54, 1.807) is 12.1 Å². The first-order valence-corrected chi connectivity index (χ1v) is 9.14. The lowest BCUT2D eigenvalue weighted by molar-refractivity contribution is -0.128. The van der Waals surface area contributed by atoms with Crippen LogP contribution < -0.4 is 15.0 Å². The number of fused-ring (bicyclic) bond motifs is 1. The van der Waals surface area contributed by atoms with E-state index >= 15 is 0 Å². The number of para-hydroxylation sites is 2. The van der Waals surface area contributed by atoms with Crippen molar-refractivity contribution in [2.75, 3.05) is 11.5 Å². The Hall–Kier alpha value is -3.60. The summed E-state index contributed by atoms with van der Waals surface area (Å²) >= 11 is 0. The van der Waals surface area contributed by atoms with Crippen molar-refractivity contribution in [2.45, 2.75) is 12.6 Å². The Kier molecular flexibility index (Phi) is 5.06. The maximum atomic E-state index is 13.2. The van der Waals surface area contributed by atoms with Crippen LogP contribution in [0.3, 0.4) is 0 Å². The van der Waals surface area contributed by atoms with Gasteiger partial charge in [-0.05, 0) is 23.3 Å². The lowest BCUT2D eigenvalue weighted by atomic mass is 10.0. The predicted molar refractivity (Wildman–Crippen MR) is 107 cm³/mol. The molecule has 3 aromatic carbocycles. The summed E-state index contributed by atoms with van der Waals surface area (Å²) in [6, 6.07) is 25.5. The number of ether oxygens (including phenoxy) is 1. The van der Waals surface area contributed by atoms with Crippen molar-refractivity contribution in [3.63, 3.8) is 0 Å². The Balaban J connectivity index is 1.68. The van der Waals surface area contributed by atoms with E-state index in [9.17, 15) is 9.59 Å². The number of hydrogen-bond donors (Lipinski definition) is 1. The molecule has 1 heterocycles.